The fraction of sp³-hybridized carbons (Fsp3) is 0.818. The van der Waals surface area contributed by atoms with Crippen LogP contribution in [0.3, 0.4) is 0 Å². The van der Waals surface area contributed by atoms with Gasteiger partial charge in [-0.25, -0.2) is 0 Å². The number of hydrogen-bond acceptors (Lipinski definition) is 3. The van der Waals surface area contributed by atoms with Crippen LogP contribution < -0.4 is 0 Å². The Bertz CT molecular complexity index is 233. The van der Waals surface area contributed by atoms with Crippen molar-refractivity contribution >= 4 is 8.56 Å². The summed E-state index contributed by atoms with van der Waals surface area (Å²) in [4.78, 5) is 2.29. The van der Waals surface area contributed by atoms with Gasteiger partial charge in [0.05, 0.1) is 12.2 Å². The molecule has 1 spiro atoms. The first kappa shape index (κ1) is 11.3. The van der Waals surface area contributed by atoms with Crippen molar-refractivity contribution in [2.24, 2.45) is 0 Å². The lowest BCUT2D eigenvalue weighted by Crippen LogP contribution is -2.51. The minimum atomic E-state index is -1.90. The quantitative estimate of drug-likeness (QED) is 0.465. The average Bonchev–Trinajstić information content (AvgIpc) is 2.49. The molecule has 2 unspecified atom stereocenters. The molecular formula is C11H21NO2Si. The van der Waals surface area contributed by atoms with Gasteiger partial charge in [0.1, 0.15) is 0 Å². The van der Waals surface area contributed by atoms with Gasteiger partial charge in [-0.3, -0.25) is 0 Å². The van der Waals surface area contributed by atoms with Crippen LogP contribution in [0.2, 0.25) is 12.1 Å². The summed E-state index contributed by atoms with van der Waals surface area (Å²) in [5.74, 6) is 0. The fourth-order valence-electron chi connectivity index (χ4n) is 2.59. The third-order valence-corrected chi connectivity index (χ3v) is 6.37. The highest BCUT2D eigenvalue weighted by molar-refractivity contribution is 6.69. The lowest BCUT2D eigenvalue weighted by atomic mass is 10.3. The number of rotatable bonds is 0. The molecule has 0 aliphatic carbocycles. The van der Waals surface area contributed by atoms with E-state index in [1.807, 2.05) is 0 Å². The van der Waals surface area contributed by atoms with Gasteiger partial charge < -0.3 is 13.8 Å². The van der Waals surface area contributed by atoms with E-state index in [2.05, 4.69) is 37.9 Å². The molecule has 2 atom stereocenters. The Morgan fingerprint density at radius 3 is 2.00 bits per heavy atom. The summed E-state index contributed by atoms with van der Waals surface area (Å²) in [6, 6.07) is 2.07. The van der Waals surface area contributed by atoms with Gasteiger partial charge >= 0.3 is 8.56 Å². The minimum Gasteiger partial charge on any atom is -0.390 e. The van der Waals surface area contributed by atoms with E-state index in [1.54, 1.807) is 0 Å². The van der Waals surface area contributed by atoms with Crippen LogP contribution in [-0.4, -0.2) is 45.8 Å². The van der Waals surface area contributed by atoms with Crippen molar-refractivity contribution in [2.75, 3.05) is 20.1 Å². The molecule has 2 heterocycles. The Balaban J connectivity index is 2.06. The van der Waals surface area contributed by atoms with Gasteiger partial charge in [0.25, 0.3) is 0 Å². The molecule has 2 aliphatic rings. The van der Waals surface area contributed by atoms with Crippen molar-refractivity contribution in [1.29, 1.82) is 0 Å². The van der Waals surface area contributed by atoms with Gasteiger partial charge in [0.2, 0.25) is 0 Å². The van der Waals surface area contributed by atoms with E-state index in [0.717, 1.165) is 25.2 Å². The second-order valence-electron chi connectivity index (χ2n) is 4.87. The van der Waals surface area contributed by atoms with Crippen LogP contribution in [0.5, 0.6) is 0 Å². The van der Waals surface area contributed by atoms with Crippen LogP contribution in [0.15, 0.2) is 12.2 Å². The largest absolute Gasteiger partial charge is 0.390 e. The molecule has 0 aromatic rings. The molecule has 15 heavy (non-hydrogen) atoms. The minimum absolute atomic E-state index is 0.300. The summed E-state index contributed by atoms with van der Waals surface area (Å²) in [6.45, 7) is 6.34. The first-order chi connectivity index (χ1) is 7.10. The molecule has 1 fully saturated rings. The van der Waals surface area contributed by atoms with Crippen molar-refractivity contribution in [1.82, 2.24) is 4.90 Å². The molecule has 1 saturated heterocycles. The van der Waals surface area contributed by atoms with Crippen LogP contribution in [0.4, 0.5) is 0 Å². The molecule has 2 aliphatic heterocycles. The highest BCUT2D eigenvalue weighted by atomic mass is 28.4. The van der Waals surface area contributed by atoms with Crippen LogP contribution in [-0.2, 0) is 8.85 Å². The summed E-state index contributed by atoms with van der Waals surface area (Å²) < 4.78 is 12.4. The van der Waals surface area contributed by atoms with Gasteiger partial charge in [-0.05, 0) is 20.9 Å². The van der Waals surface area contributed by atoms with E-state index in [-0.39, 0.29) is 0 Å². The van der Waals surface area contributed by atoms with Gasteiger partial charge in [0.15, 0.2) is 0 Å². The average molecular weight is 227 g/mol. The van der Waals surface area contributed by atoms with Crippen molar-refractivity contribution in [3.05, 3.63) is 12.2 Å². The van der Waals surface area contributed by atoms with E-state index < -0.39 is 8.56 Å². The van der Waals surface area contributed by atoms with E-state index in [1.165, 1.54) is 0 Å². The molecule has 0 aromatic heterocycles. The molecule has 0 radical (unpaired) electrons. The van der Waals surface area contributed by atoms with Crippen LogP contribution in [0.1, 0.15) is 13.8 Å². The molecule has 0 bridgehead atoms. The molecule has 86 valence electrons. The topological polar surface area (TPSA) is 21.7 Å². The lowest BCUT2D eigenvalue weighted by molar-refractivity contribution is 0.0319. The number of likely N-dealkylation sites (N-methyl/N-ethyl adjacent to an activating group) is 1. The van der Waals surface area contributed by atoms with Gasteiger partial charge in [-0.15, -0.1) is 0 Å². The van der Waals surface area contributed by atoms with Crippen LogP contribution in [0, 0.1) is 0 Å². The van der Waals surface area contributed by atoms with Gasteiger partial charge in [-0.1, -0.05) is 12.2 Å². The molecular weight excluding hydrogens is 206 g/mol. The van der Waals surface area contributed by atoms with E-state index in [0.29, 0.717) is 12.2 Å². The normalized spacial score (nSPS) is 36.7. The molecule has 0 aromatic carbocycles. The number of allylic oxidation sites excluding steroid dienone is 2. The Labute approximate surface area is 93.3 Å². The van der Waals surface area contributed by atoms with Crippen molar-refractivity contribution < 1.29 is 8.85 Å². The SMILES string of the molecule is CC1CN(C)CC(C)O[Si]2(CC=CC2)O1. The molecule has 0 saturated carbocycles. The third kappa shape index (κ3) is 2.69. The van der Waals surface area contributed by atoms with Gasteiger partial charge in [-0.2, -0.15) is 0 Å². The second kappa shape index (κ2) is 4.37. The van der Waals surface area contributed by atoms with Crippen molar-refractivity contribution in [2.45, 2.75) is 38.1 Å². The first-order valence-electron chi connectivity index (χ1n) is 5.79. The summed E-state index contributed by atoms with van der Waals surface area (Å²) in [7, 11) is 0.236. The standard InChI is InChI=1S/C11H21NO2Si/c1-10-8-12(3)9-11(2)14-15(13-10)6-4-5-7-15/h4-5,10-11H,6-9H2,1-3H3. The predicted octanol–water partition coefficient (Wildman–Crippen LogP) is 1.75. The zero-order valence-electron chi connectivity index (χ0n) is 9.90. The molecule has 3 nitrogen and oxygen atoms in total. The second-order valence-corrected chi connectivity index (χ2v) is 7.98. The Morgan fingerprint density at radius 2 is 1.53 bits per heavy atom. The highest BCUT2D eigenvalue weighted by Gasteiger charge is 2.42. The van der Waals surface area contributed by atoms with E-state index in [9.17, 15) is 0 Å². The maximum absolute atomic E-state index is 6.19. The summed E-state index contributed by atoms with van der Waals surface area (Å²) >= 11 is 0. The predicted molar refractivity (Wildman–Crippen MR) is 63.1 cm³/mol. The van der Waals surface area contributed by atoms with Crippen LogP contribution >= 0.6 is 0 Å². The van der Waals surface area contributed by atoms with Crippen molar-refractivity contribution in [3.8, 4) is 0 Å². The van der Waals surface area contributed by atoms with Crippen LogP contribution in [0.25, 0.3) is 0 Å². The highest BCUT2D eigenvalue weighted by Crippen LogP contribution is 2.30. The molecule has 2 rings (SSSR count). The molecule has 0 N–H and O–H groups in total. The smallest absolute Gasteiger partial charge is 0.346 e. The lowest BCUT2D eigenvalue weighted by Gasteiger charge is -2.38. The Hall–Kier alpha value is -0.163. The number of nitrogens with zero attached hydrogens (tertiary/aromatic N) is 1. The zero-order valence-corrected chi connectivity index (χ0v) is 10.9. The van der Waals surface area contributed by atoms with E-state index in [4.69, 9.17) is 8.85 Å². The monoisotopic (exact) mass is 227 g/mol. The third-order valence-electron chi connectivity index (χ3n) is 2.99. The van der Waals surface area contributed by atoms with Gasteiger partial charge in [0, 0.05) is 25.2 Å². The summed E-state index contributed by atoms with van der Waals surface area (Å²) in [5, 5.41) is 0. The Morgan fingerprint density at radius 1 is 1.07 bits per heavy atom. The maximum atomic E-state index is 6.19. The first-order valence-corrected chi connectivity index (χ1v) is 8.02. The summed E-state index contributed by atoms with van der Waals surface area (Å²) in [5.41, 5.74) is 0. The molecule has 4 heteroatoms. The number of hydrogen-bond donors (Lipinski definition) is 0. The molecule has 0 amide bonds. The summed E-state index contributed by atoms with van der Waals surface area (Å²) in [6.07, 6.45) is 5.04. The Kier molecular flexibility index (Phi) is 3.30. The zero-order chi connectivity index (χ0) is 10.9. The van der Waals surface area contributed by atoms with Crippen molar-refractivity contribution in [3.63, 3.8) is 0 Å². The van der Waals surface area contributed by atoms with E-state index >= 15 is 0 Å². The fourth-order valence-corrected chi connectivity index (χ4v) is 5.86. The maximum Gasteiger partial charge on any atom is 0.346 e.